The molecule has 27 heavy (non-hydrogen) atoms. The Morgan fingerprint density at radius 2 is 1.96 bits per heavy atom. The second-order valence-electron chi connectivity index (χ2n) is 6.58. The molecule has 1 heterocycles. The molecule has 1 fully saturated rings. The second kappa shape index (κ2) is 9.94. The van der Waals surface area contributed by atoms with Gasteiger partial charge in [0, 0.05) is 20.0 Å². The van der Waals surface area contributed by atoms with Crippen LogP contribution >= 0.6 is 0 Å². The zero-order valence-electron chi connectivity index (χ0n) is 16.2. The van der Waals surface area contributed by atoms with Crippen LogP contribution in [0.4, 0.5) is 0 Å². The number of likely N-dealkylation sites (N-methyl/N-ethyl adjacent to an activating group) is 1. The highest BCUT2D eigenvalue weighted by atomic mass is 16.5. The Morgan fingerprint density at radius 1 is 1.26 bits per heavy atom. The molecular weight excluding hydrogens is 348 g/mol. The molecule has 148 valence electrons. The maximum Gasteiger partial charge on any atom is 0.311 e. The maximum atomic E-state index is 12.7. The molecule has 2 atom stereocenters. The third-order valence-electron chi connectivity index (χ3n) is 4.84. The third-order valence-corrected chi connectivity index (χ3v) is 4.84. The van der Waals surface area contributed by atoms with Crippen molar-refractivity contribution in [2.75, 3.05) is 27.3 Å². The lowest BCUT2D eigenvalue weighted by molar-refractivity contribution is -0.159. The second-order valence-corrected chi connectivity index (χ2v) is 6.58. The van der Waals surface area contributed by atoms with Gasteiger partial charge < -0.3 is 19.7 Å². The summed E-state index contributed by atoms with van der Waals surface area (Å²) in [7, 11) is 3.08. The normalized spacial score (nSPS) is 19.5. The van der Waals surface area contributed by atoms with Gasteiger partial charge in [-0.2, -0.15) is 0 Å². The summed E-state index contributed by atoms with van der Waals surface area (Å²) in [5.74, 6) is -0.565. The number of hydrogen-bond donors (Lipinski definition) is 1. The van der Waals surface area contributed by atoms with E-state index in [9.17, 15) is 14.4 Å². The molecule has 0 unspecified atom stereocenters. The van der Waals surface area contributed by atoms with Crippen molar-refractivity contribution in [1.29, 1.82) is 0 Å². The predicted molar refractivity (Wildman–Crippen MR) is 100 cm³/mol. The number of rotatable bonds is 8. The number of likely N-dealkylation sites (tertiary alicyclic amines) is 1. The molecule has 1 aromatic rings. The summed E-state index contributed by atoms with van der Waals surface area (Å²) in [5.41, 5.74) is 0.863. The van der Waals surface area contributed by atoms with E-state index < -0.39 is 17.9 Å². The standard InChI is InChI=1S/C20H28N2O5/c1-4-5-12-22-18(24)11-10-16(20(25)27-13-17(23)21-2)19(22)14-6-8-15(26-3)9-7-14/h6-9,16,19H,4-5,10-13H2,1-3H3,(H,21,23)/t16-,19-/m0/s1. The van der Waals surface area contributed by atoms with Gasteiger partial charge in [-0.1, -0.05) is 25.5 Å². The number of nitrogens with one attached hydrogen (secondary N) is 1. The fourth-order valence-corrected chi connectivity index (χ4v) is 3.32. The van der Waals surface area contributed by atoms with Gasteiger partial charge in [-0.05, 0) is 30.5 Å². The molecule has 0 saturated carbocycles. The summed E-state index contributed by atoms with van der Waals surface area (Å²) in [5, 5.41) is 2.43. The fourth-order valence-electron chi connectivity index (χ4n) is 3.32. The Bertz CT molecular complexity index is 659. The smallest absolute Gasteiger partial charge is 0.311 e. The Morgan fingerprint density at radius 3 is 2.56 bits per heavy atom. The van der Waals surface area contributed by atoms with Crippen LogP contribution in [0.25, 0.3) is 0 Å². The molecule has 0 bridgehead atoms. The number of carbonyl (C=O) groups excluding carboxylic acids is 3. The van der Waals surface area contributed by atoms with E-state index in [-0.39, 0.29) is 18.4 Å². The molecule has 2 rings (SSSR count). The number of esters is 1. The van der Waals surface area contributed by atoms with Crippen molar-refractivity contribution >= 4 is 17.8 Å². The topological polar surface area (TPSA) is 84.9 Å². The first-order valence-electron chi connectivity index (χ1n) is 9.32. The van der Waals surface area contributed by atoms with Crippen LogP contribution in [-0.4, -0.2) is 50.0 Å². The first kappa shape index (κ1) is 20.7. The third kappa shape index (κ3) is 5.21. The highest BCUT2D eigenvalue weighted by Gasteiger charge is 2.41. The van der Waals surface area contributed by atoms with Crippen molar-refractivity contribution in [1.82, 2.24) is 10.2 Å². The molecule has 0 radical (unpaired) electrons. The number of nitrogens with zero attached hydrogens (tertiary/aromatic N) is 1. The maximum absolute atomic E-state index is 12.7. The van der Waals surface area contributed by atoms with Crippen LogP contribution in [-0.2, 0) is 19.1 Å². The van der Waals surface area contributed by atoms with Crippen molar-refractivity contribution in [2.24, 2.45) is 5.92 Å². The van der Waals surface area contributed by atoms with Crippen molar-refractivity contribution in [2.45, 2.75) is 38.6 Å². The van der Waals surface area contributed by atoms with E-state index in [1.54, 1.807) is 12.0 Å². The monoisotopic (exact) mass is 376 g/mol. The lowest BCUT2D eigenvalue weighted by Gasteiger charge is -2.40. The molecule has 2 amide bonds. The number of benzene rings is 1. The molecule has 1 aromatic carbocycles. The summed E-state index contributed by atoms with van der Waals surface area (Å²) < 4.78 is 10.4. The predicted octanol–water partition coefficient (Wildman–Crippen LogP) is 2.06. The van der Waals surface area contributed by atoms with Crippen molar-refractivity contribution in [3.05, 3.63) is 29.8 Å². The summed E-state index contributed by atoms with van der Waals surface area (Å²) in [6, 6.07) is 6.99. The van der Waals surface area contributed by atoms with E-state index >= 15 is 0 Å². The van der Waals surface area contributed by atoms with Crippen LogP contribution in [0.5, 0.6) is 5.75 Å². The van der Waals surface area contributed by atoms with Crippen LogP contribution < -0.4 is 10.1 Å². The lowest BCUT2D eigenvalue weighted by atomic mass is 9.84. The summed E-state index contributed by atoms with van der Waals surface area (Å²) >= 11 is 0. The fraction of sp³-hybridized carbons (Fsp3) is 0.550. The average Bonchev–Trinajstić information content (AvgIpc) is 2.70. The molecule has 7 heteroatoms. The summed E-state index contributed by atoms with van der Waals surface area (Å²) in [4.78, 5) is 38.4. The molecule has 1 aliphatic heterocycles. The van der Waals surface area contributed by atoms with E-state index in [1.807, 2.05) is 24.3 Å². The quantitative estimate of drug-likeness (QED) is 0.702. The molecule has 1 aliphatic rings. The Labute approximate surface area is 160 Å². The number of amides is 2. The summed E-state index contributed by atoms with van der Waals surface area (Å²) in [6.07, 6.45) is 2.52. The van der Waals surface area contributed by atoms with Crippen LogP contribution in [0.1, 0.15) is 44.2 Å². The lowest BCUT2D eigenvalue weighted by Crippen LogP contribution is -2.46. The van der Waals surface area contributed by atoms with Crippen LogP contribution in [0.15, 0.2) is 24.3 Å². The highest BCUT2D eigenvalue weighted by molar-refractivity contribution is 5.84. The summed E-state index contributed by atoms with van der Waals surface area (Å²) in [6.45, 7) is 2.33. The van der Waals surface area contributed by atoms with Gasteiger partial charge in [0.1, 0.15) is 5.75 Å². The van der Waals surface area contributed by atoms with Gasteiger partial charge in [-0.3, -0.25) is 14.4 Å². The SMILES string of the molecule is CCCCN1C(=O)CC[C@H](C(=O)OCC(=O)NC)[C@@H]1c1ccc(OC)cc1. The minimum absolute atomic E-state index is 0.0413. The molecule has 1 N–H and O–H groups in total. The number of methoxy groups -OCH3 is 1. The zero-order valence-corrected chi connectivity index (χ0v) is 16.2. The number of hydrogen-bond acceptors (Lipinski definition) is 5. The van der Waals surface area contributed by atoms with Gasteiger partial charge in [0.25, 0.3) is 5.91 Å². The van der Waals surface area contributed by atoms with Crippen LogP contribution in [0.3, 0.4) is 0 Å². The van der Waals surface area contributed by atoms with Crippen molar-refractivity contribution in [3.63, 3.8) is 0 Å². The first-order chi connectivity index (χ1) is 13.0. The van der Waals surface area contributed by atoms with E-state index in [4.69, 9.17) is 9.47 Å². The van der Waals surface area contributed by atoms with Gasteiger partial charge in [-0.25, -0.2) is 0 Å². The molecule has 0 aromatic heterocycles. The van der Waals surface area contributed by atoms with Gasteiger partial charge in [0.15, 0.2) is 6.61 Å². The van der Waals surface area contributed by atoms with E-state index in [1.165, 1.54) is 7.05 Å². The van der Waals surface area contributed by atoms with E-state index in [2.05, 4.69) is 12.2 Å². The number of carbonyl (C=O) groups is 3. The average molecular weight is 376 g/mol. The van der Waals surface area contributed by atoms with Gasteiger partial charge in [0.05, 0.1) is 19.1 Å². The molecule has 0 aliphatic carbocycles. The van der Waals surface area contributed by atoms with Gasteiger partial charge in [-0.15, -0.1) is 0 Å². The number of piperidine rings is 1. The van der Waals surface area contributed by atoms with E-state index in [0.717, 1.165) is 18.4 Å². The van der Waals surface area contributed by atoms with Crippen molar-refractivity contribution in [3.8, 4) is 5.75 Å². The van der Waals surface area contributed by atoms with Gasteiger partial charge >= 0.3 is 5.97 Å². The molecular formula is C20H28N2O5. The Kier molecular flexibility index (Phi) is 7.64. The first-order valence-corrected chi connectivity index (χ1v) is 9.32. The largest absolute Gasteiger partial charge is 0.497 e. The van der Waals surface area contributed by atoms with Gasteiger partial charge in [0.2, 0.25) is 5.91 Å². The molecule has 0 spiro atoms. The van der Waals surface area contributed by atoms with Crippen molar-refractivity contribution < 1.29 is 23.9 Å². The minimum atomic E-state index is -0.502. The minimum Gasteiger partial charge on any atom is -0.497 e. The highest BCUT2D eigenvalue weighted by Crippen LogP contribution is 2.38. The Hall–Kier alpha value is -2.57. The number of ether oxygens (including phenoxy) is 2. The van der Waals surface area contributed by atoms with E-state index in [0.29, 0.717) is 25.1 Å². The van der Waals surface area contributed by atoms with Crippen LogP contribution in [0.2, 0.25) is 0 Å². The zero-order chi connectivity index (χ0) is 19.8. The van der Waals surface area contributed by atoms with Crippen LogP contribution in [0, 0.1) is 5.92 Å². The number of unbranched alkanes of at least 4 members (excludes halogenated alkanes) is 1. The molecule has 1 saturated heterocycles. The molecule has 7 nitrogen and oxygen atoms in total. The Balaban J connectivity index is 2.29.